The van der Waals surface area contributed by atoms with Gasteiger partial charge in [0.2, 0.25) is 0 Å². The van der Waals surface area contributed by atoms with Crippen molar-refractivity contribution in [1.29, 1.82) is 0 Å². The van der Waals surface area contributed by atoms with E-state index in [1.165, 1.54) is 0 Å². The molecule has 0 saturated carbocycles. The molecule has 0 aliphatic heterocycles. The first-order valence-electron chi connectivity index (χ1n) is 3.75. The molecular weight excluding hydrogens is 197 g/mol. The first kappa shape index (κ1) is 10.6. The number of halogens is 3. The van der Waals surface area contributed by atoms with Gasteiger partial charge in [0.15, 0.2) is 11.6 Å². The third-order valence-corrected chi connectivity index (χ3v) is 1.69. The molecule has 0 N–H and O–H groups in total. The molecule has 14 heavy (non-hydrogen) atoms. The molecule has 0 aliphatic rings. The van der Waals surface area contributed by atoms with Gasteiger partial charge < -0.3 is 4.74 Å². The van der Waals surface area contributed by atoms with E-state index in [-0.39, 0.29) is 0 Å². The van der Waals surface area contributed by atoms with Crippen LogP contribution in [0.5, 0.6) is 0 Å². The van der Waals surface area contributed by atoms with Crippen LogP contribution in [0.25, 0.3) is 0 Å². The number of hydrogen-bond acceptors (Lipinski definition) is 2. The Morgan fingerprint density at radius 1 is 1.29 bits per heavy atom. The van der Waals surface area contributed by atoms with E-state index in [1.54, 1.807) is 0 Å². The predicted molar refractivity (Wildman–Crippen MR) is 42.0 cm³/mol. The summed E-state index contributed by atoms with van der Waals surface area (Å²) in [4.78, 5) is 10.7. The Kier molecular flexibility index (Phi) is 3.11. The van der Waals surface area contributed by atoms with Crippen LogP contribution in [0.1, 0.15) is 5.56 Å². The molecule has 2 nitrogen and oxygen atoms in total. The number of carbonyl (C=O) groups is 1. The topological polar surface area (TPSA) is 26.3 Å². The van der Waals surface area contributed by atoms with Gasteiger partial charge in [-0.3, -0.25) is 4.79 Å². The van der Waals surface area contributed by atoms with Gasteiger partial charge in [-0.1, -0.05) is 0 Å². The van der Waals surface area contributed by atoms with Crippen LogP contribution in [-0.4, -0.2) is 13.1 Å². The molecule has 0 amide bonds. The van der Waals surface area contributed by atoms with Crippen molar-refractivity contribution in [2.75, 3.05) is 7.11 Å². The molecule has 0 bridgehead atoms. The molecule has 0 radical (unpaired) electrons. The number of benzene rings is 1. The normalized spacial score (nSPS) is 10.0. The zero-order chi connectivity index (χ0) is 10.7. The molecule has 0 atom stereocenters. The maximum atomic E-state index is 12.9. The molecule has 1 rings (SSSR count). The molecule has 0 fully saturated rings. The van der Waals surface area contributed by atoms with Crippen molar-refractivity contribution in [3.63, 3.8) is 0 Å². The molecule has 0 unspecified atom stereocenters. The molecule has 0 saturated heterocycles. The van der Waals surface area contributed by atoms with E-state index in [2.05, 4.69) is 4.74 Å². The fourth-order valence-electron chi connectivity index (χ4n) is 0.948. The van der Waals surface area contributed by atoms with Crippen LogP contribution in [0.2, 0.25) is 0 Å². The highest BCUT2D eigenvalue weighted by molar-refractivity contribution is 5.72. The van der Waals surface area contributed by atoms with Gasteiger partial charge in [-0.15, -0.1) is 0 Å². The lowest BCUT2D eigenvalue weighted by atomic mass is 10.1. The average Bonchev–Trinajstić information content (AvgIpc) is 2.18. The third-order valence-electron chi connectivity index (χ3n) is 1.69. The van der Waals surface area contributed by atoms with E-state index in [1.807, 2.05) is 0 Å². The van der Waals surface area contributed by atoms with E-state index < -0.39 is 35.4 Å². The summed E-state index contributed by atoms with van der Waals surface area (Å²) >= 11 is 0. The van der Waals surface area contributed by atoms with Crippen LogP contribution in [0, 0.1) is 17.5 Å². The van der Waals surface area contributed by atoms with E-state index >= 15 is 0 Å². The second-order valence-corrected chi connectivity index (χ2v) is 2.57. The summed E-state index contributed by atoms with van der Waals surface area (Å²) in [7, 11) is 1.08. The van der Waals surface area contributed by atoms with Gasteiger partial charge in [0.25, 0.3) is 0 Å². The largest absolute Gasteiger partial charge is 0.469 e. The summed E-state index contributed by atoms with van der Waals surface area (Å²) in [6.07, 6.45) is -0.619. The summed E-state index contributed by atoms with van der Waals surface area (Å²) in [6.45, 7) is 0. The molecule has 0 heterocycles. The number of ether oxygens (including phenoxy) is 1. The minimum absolute atomic E-state index is 0.614. The molecule has 0 aliphatic carbocycles. The van der Waals surface area contributed by atoms with Gasteiger partial charge in [0, 0.05) is 5.56 Å². The predicted octanol–water partition coefficient (Wildman–Crippen LogP) is 1.82. The molecule has 76 valence electrons. The zero-order valence-corrected chi connectivity index (χ0v) is 7.31. The highest BCUT2D eigenvalue weighted by Gasteiger charge is 2.16. The van der Waals surface area contributed by atoms with Gasteiger partial charge in [-0.05, 0) is 12.1 Å². The van der Waals surface area contributed by atoms with Crippen LogP contribution < -0.4 is 0 Å². The van der Waals surface area contributed by atoms with Gasteiger partial charge in [-0.2, -0.15) is 0 Å². The molecule has 1 aromatic carbocycles. The number of hydrogen-bond donors (Lipinski definition) is 0. The fourth-order valence-corrected chi connectivity index (χ4v) is 0.948. The van der Waals surface area contributed by atoms with E-state index in [4.69, 9.17) is 0 Å². The van der Waals surface area contributed by atoms with Crippen molar-refractivity contribution in [1.82, 2.24) is 0 Å². The second-order valence-electron chi connectivity index (χ2n) is 2.57. The average molecular weight is 204 g/mol. The molecule has 0 aromatic heterocycles. The Bertz CT molecular complexity index is 363. The number of esters is 1. The van der Waals surface area contributed by atoms with Crippen molar-refractivity contribution >= 4 is 5.97 Å². The first-order valence-corrected chi connectivity index (χ1v) is 3.75. The molecular formula is C9H7F3O2. The minimum Gasteiger partial charge on any atom is -0.469 e. The van der Waals surface area contributed by atoms with E-state index in [9.17, 15) is 18.0 Å². The molecule has 1 aromatic rings. The minimum atomic E-state index is -1.35. The Labute approximate surface area is 78.3 Å². The zero-order valence-electron chi connectivity index (χ0n) is 7.31. The summed E-state index contributed by atoms with van der Waals surface area (Å²) in [5.41, 5.74) is -0.614. The van der Waals surface area contributed by atoms with Crippen LogP contribution in [0.4, 0.5) is 13.2 Å². The quantitative estimate of drug-likeness (QED) is 0.542. The summed E-state index contributed by atoms with van der Waals surface area (Å²) < 4.78 is 42.7. The van der Waals surface area contributed by atoms with Gasteiger partial charge >= 0.3 is 5.97 Å². The summed E-state index contributed by atoms with van der Waals surface area (Å²) in [6, 6.07) is 1.42. The van der Waals surface area contributed by atoms with E-state index in [0.29, 0.717) is 6.07 Å². The highest BCUT2D eigenvalue weighted by Crippen LogP contribution is 2.16. The van der Waals surface area contributed by atoms with Crippen LogP contribution in [-0.2, 0) is 16.0 Å². The fraction of sp³-hybridized carbons (Fsp3) is 0.222. The highest BCUT2D eigenvalue weighted by atomic mass is 19.2. The van der Waals surface area contributed by atoms with Crippen molar-refractivity contribution in [2.24, 2.45) is 0 Å². The van der Waals surface area contributed by atoms with E-state index in [0.717, 1.165) is 13.2 Å². The smallest absolute Gasteiger partial charge is 0.310 e. The number of rotatable bonds is 2. The first-order chi connectivity index (χ1) is 6.56. The van der Waals surface area contributed by atoms with Gasteiger partial charge in [0.1, 0.15) is 5.82 Å². The third kappa shape index (κ3) is 2.04. The standard InChI is InChI=1S/C9H7F3O2/c1-14-8(13)4-5-6(10)2-3-7(11)9(5)12/h2-3H,4H2,1H3. The Morgan fingerprint density at radius 3 is 2.43 bits per heavy atom. The summed E-state index contributed by atoms with van der Waals surface area (Å²) in [5.74, 6) is -4.33. The SMILES string of the molecule is COC(=O)Cc1c(F)ccc(F)c1F. The maximum absolute atomic E-state index is 12.9. The number of carbonyl (C=O) groups excluding carboxylic acids is 1. The maximum Gasteiger partial charge on any atom is 0.310 e. The van der Waals surface area contributed by atoms with Crippen LogP contribution in [0.3, 0.4) is 0 Å². The monoisotopic (exact) mass is 204 g/mol. The van der Waals surface area contributed by atoms with Crippen LogP contribution >= 0.6 is 0 Å². The summed E-state index contributed by atoms with van der Waals surface area (Å²) in [5, 5.41) is 0. The lowest BCUT2D eigenvalue weighted by molar-refractivity contribution is -0.139. The van der Waals surface area contributed by atoms with Crippen molar-refractivity contribution in [2.45, 2.75) is 6.42 Å². The lowest BCUT2D eigenvalue weighted by Crippen LogP contribution is -2.09. The van der Waals surface area contributed by atoms with Crippen molar-refractivity contribution in [3.05, 3.63) is 35.1 Å². The Hall–Kier alpha value is -1.52. The number of methoxy groups -OCH3 is 1. The molecule has 5 heteroatoms. The van der Waals surface area contributed by atoms with Crippen LogP contribution in [0.15, 0.2) is 12.1 Å². The van der Waals surface area contributed by atoms with Crippen molar-refractivity contribution < 1.29 is 22.7 Å². The van der Waals surface area contributed by atoms with Gasteiger partial charge in [-0.25, -0.2) is 13.2 Å². The lowest BCUT2D eigenvalue weighted by Gasteiger charge is -2.03. The molecule has 0 spiro atoms. The Morgan fingerprint density at radius 2 is 1.86 bits per heavy atom. The van der Waals surface area contributed by atoms with Gasteiger partial charge in [0.05, 0.1) is 13.5 Å². The Balaban J connectivity index is 3.06. The second kappa shape index (κ2) is 4.13. The van der Waals surface area contributed by atoms with Crippen molar-refractivity contribution in [3.8, 4) is 0 Å².